The molecule has 6 nitrogen and oxygen atoms in total. The molecule has 6 heteroatoms. The highest BCUT2D eigenvalue weighted by Gasteiger charge is 2.46. The monoisotopic (exact) mass is 336 g/mol. The van der Waals surface area contributed by atoms with Gasteiger partial charge in [0, 0.05) is 26.2 Å². The van der Waals surface area contributed by atoms with Crippen molar-refractivity contribution in [3.05, 3.63) is 0 Å². The molecule has 0 bridgehead atoms. The third-order valence-electron chi connectivity index (χ3n) is 6.14. The molecule has 0 saturated carbocycles. The summed E-state index contributed by atoms with van der Waals surface area (Å²) < 4.78 is 0. The summed E-state index contributed by atoms with van der Waals surface area (Å²) in [5.41, 5.74) is -0.393. The maximum Gasteiger partial charge on any atom is 0.240 e. The van der Waals surface area contributed by atoms with Crippen molar-refractivity contribution in [2.75, 3.05) is 52.9 Å². The van der Waals surface area contributed by atoms with Crippen LogP contribution in [0.25, 0.3) is 0 Å². The average Bonchev–Trinajstić information content (AvgIpc) is 2.55. The van der Waals surface area contributed by atoms with Gasteiger partial charge in [-0.25, -0.2) is 0 Å². The highest BCUT2D eigenvalue weighted by atomic mass is 16.2. The number of hydrogen-bond acceptors (Lipinski definition) is 4. The van der Waals surface area contributed by atoms with E-state index in [9.17, 15) is 9.59 Å². The van der Waals surface area contributed by atoms with Crippen molar-refractivity contribution in [3.8, 4) is 0 Å². The second-order valence-corrected chi connectivity index (χ2v) is 7.63. The molecule has 3 saturated heterocycles. The van der Waals surface area contributed by atoms with E-state index in [1.165, 1.54) is 32.1 Å². The summed E-state index contributed by atoms with van der Waals surface area (Å²) in [6.45, 7) is 5.68. The molecule has 3 rings (SSSR count). The first-order valence-corrected chi connectivity index (χ1v) is 9.61. The topological polar surface area (TPSA) is 55.9 Å². The first kappa shape index (κ1) is 17.7. The molecule has 2 amide bonds. The van der Waals surface area contributed by atoms with E-state index in [0.717, 1.165) is 39.0 Å². The normalized spacial score (nSPS) is 26.7. The summed E-state index contributed by atoms with van der Waals surface area (Å²) in [4.78, 5) is 31.5. The lowest BCUT2D eigenvalue weighted by Crippen LogP contribution is -2.67. The Morgan fingerprint density at radius 2 is 1.62 bits per heavy atom. The van der Waals surface area contributed by atoms with Crippen LogP contribution in [-0.4, -0.2) is 84.9 Å². The van der Waals surface area contributed by atoms with Crippen molar-refractivity contribution in [1.82, 2.24) is 20.0 Å². The SMILES string of the molecule is CN1CCNC(=O)C12CCN(C(=O)CN1CCCCCCC1)CC2. The standard InChI is InChI=1S/C18H32N4O2/c1-20-14-9-19-17(24)18(20)7-12-22(13-8-18)16(23)15-21-10-5-3-2-4-6-11-21/h2-15H2,1H3,(H,19,24). The molecule has 0 radical (unpaired) electrons. The first-order valence-electron chi connectivity index (χ1n) is 9.61. The number of likely N-dealkylation sites (tertiary alicyclic amines) is 2. The quantitative estimate of drug-likeness (QED) is 0.806. The second kappa shape index (κ2) is 7.83. The lowest BCUT2D eigenvalue weighted by atomic mass is 9.83. The van der Waals surface area contributed by atoms with E-state index < -0.39 is 5.54 Å². The fourth-order valence-corrected chi connectivity index (χ4v) is 4.39. The van der Waals surface area contributed by atoms with Crippen molar-refractivity contribution in [3.63, 3.8) is 0 Å². The fourth-order valence-electron chi connectivity index (χ4n) is 4.39. The van der Waals surface area contributed by atoms with Crippen molar-refractivity contribution in [1.29, 1.82) is 0 Å². The zero-order chi connectivity index (χ0) is 17.0. The van der Waals surface area contributed by atoms with Gasteiger partial charge in [-0.15, -0.1) is 0 Å². The Morgan fingerprint density at radius 1 is 1.00 bits per heavy atom. The van der Waals surface area contributed by atoms with Crippen LogP contribution in [0.3, 0.4) is 0 Å². The number of carbonyl (C=O) groups excluding carboxylic acids is 2. The van der Waals surface area contributed by atoms with Crippen LogP contribution in [0.15, 0.2) is 0 Å². The van der Waals surface area contributed by atoms with Gasteiger partial charge in [-0.2, -0.15) is 0 Å². The van der Waals surface area contributed by atoms with E-state index in [-0.39, 0.29) is 11.8 Å². The molecule has 0 atom stereocenters. The van der Waals surface area contributed by atoms with Gasteiger partial charge in [-0.1, -0.05) is 19.3 Å². The fraction of sp³-hybridized carbons (Fsp3) is 0.889. The molecule has 0 aromatic carbocycles. The van der Waals surface area contributed by atoms with Crippen LogP contribution < -0.4 is 5.32 Å². The minimum Gasteiger partial charge on any atom is -0.353 e. The number of nitrogens with zero attached hydrogens (tertiary/aromatic N) is 3. The largest absolute Gasteiger partial charge is 0.353 e. The summed E-state index contributed by atoms with van der Waals surface area (Å²) in [5.74, 6) is 0.386. The molecular weight excluding hydrogens is 304 g/mol. The van der Waals surface area contributed by atoms with Crippen molar-refractivity contribution >= 4 is 11.8 Å². The summed E-state index contributed by atoms with van der Waals surface area (Å²) in [7, 11) is 2.04. The smallest absolute Gasteiger partial charge is 0.240 e. The second-order valence-electron chi connectivity index (χ2n) is 7.63. The Bertz CT molecular complexity index is 452. The van der Waals surface area contributed by atoms with E-state index >= 15 is 0 Å². The Hall–Kier alpha value is -1.14. The van der Waals surface area contributed by atoms with E-state index in [1.807, 2.05) is 11.9 Å². The van der Waals surface area contributed by atoms with Crippen LogP contribution in [0.2, 0.25) is 0 Å². The number of hydrogen-bond donors (Lipinski definition) is 1. The minimum atomic E-state index is -0.393. The van der Waals surface area contributed by atoms with Crippen molar-refractivity contribution < 1.29 is 9.59 Å². The van der Waals surface area contributed by atoms with E-state index in [0.29, 0.717) is 19.6 Å². The molecule has 1 N–H and O–H groups in total. The molecule has 0 unspecified atom stereocenters. The van der Waals surface area contributed by atoms with Crippen molar-refractivity contribution in [2.24, 2.45) is 0 Å². The van der Waals surface area contributed by atoms with Gasteiger partial charge in [0.25, 0.3) is 0 Å². The summed E-state index contributed by atoms with van der Waals surface area (Å²) in [6, 6.07) is 0. The third kappa shape index (κ3) is 3.75. The van der Waals surface area contributed by atoms with Crippen LogP contribution >= 0.6 is 0 Å². The predicted molar refractivity (Wildman–Crippen MR) is 93.7 cm³/mol. The molecular formula is C18H32N4O2. The lowest BCUT2D eigenvalue weighted by molar-refractivity contribution is -0.145. The number of piperazine rings is 1. The molecule has 3 heterocycles. The molecule has 0 aliphatic carbocycles. The number of nitrogens with one attached hydrogen (secondary N) is 1. The molecule has 0 aromatic heterocycles. The zero-order valence-electron chi connectivity index (χ0n) is 15.1. The van der Waals surface area contributed by atoms with Gasteiger partial charge in [-0.05, 0) is 45.8 Å². The molecule has 0 aromatic rings. The minimum absolute atomic E-state index is 0.145. The van der Waals surface area contributed by atoms with E-state index in [1.54, 1.807) is 0 Å². The summed E-state index contributed by atoms with van der Waals surface area (Å²) >= 11 is 0. The number of piperidine rings is 1. The molecule has 24 heavy (non-hydrogen) atoms. The Labute approximate surface area is 145 Å². The maximum absolute atomic E-state index is 12.7. The predicted octanol–water partition coefficient (Wildman–Crippen LogP) is 0.675. The number of rotatable bonds is 2. The summed E-state index contributed by atoms with van der Waals surface area (Å²) in [5, 5.41) is 3.00. The Morgan fingerprint density at radius 3 is 2.25 bits per heavy atom. The van der Waals surface area contributed by atoms with Gasteiger partial charge in [0.2, 0.25) is 11.8 Å². The van der Waals surface area contributed by atoms with Crippen LogP contribution in [0.4, 0.5) is 0 Å². The zero-order valence-corrected chi connectivity index (χ0v) is 15.1. The van der Waals surface area contributed by atoms with Gasteiger partial charge < -0.3 is 10.2 Å². The average molecular weight is 336 g/mol. The van der Waals surface area contributed by atoms with Gasteiger partial charge in [-0.3, -0.25) is 19.4 Å². The van der Waals surface area contributed by atoms with Gasteiger partial charge in [0.05, 0.1) is 6.54 Å². The number of likely N-dealkylation sites (N-methyl/N-ethyl adjacent to an activating group) is 1. The summed E-state index contributed by atoms with van der Waals surface area (Å²) in [6.07, 6.45) is 7.84. The van der Waals surface area contributed by atoms with Gasteiger partial charge in [0.1, 0.15) is 5.54 Å². The molecule has 3 aliphatic heterocycles. The molecule has 1 spiro atoms. The highest BCUT2D eigenvalue weighted by Crippen LogP contribution is 2.30. The van der Waals surface area contributed by atoms with Crippen LogP contribution in [0, 0.1) is 0 Å². The van der Waals surface area contributed by atoms with Gasteiger partial charge >= 0.3 is 0 Å². The molecule has 136 valence electrons. The molecule has 3 aliphatic rings. The van der Waals surface area contributed by atoms with E-state index in [4.69, 9.17) is 0 Å². The van der Waals surface area contributed by atoms with E-state index in [2.05, 4.69) is 15.1 Å². The number of amides is 2. The number of carbonyl (C=O) groups is 2. The maximum atomic E-state index is 12.7. The lowest BCUT2D eigenvalue weighted by Gasteiger charge is -2.48. The van der Waals surface area contributed by atoms with Crippen LogP contribution in [0.1, 0.15) is 44.9 Å². The van der Waals surface area contributed by atoms with Gasteiger partial charge in [0.15, 0.2) is 0 Å². The van der Waals surface area contributed by atoms with Crippen molar-refractivity contribution in [2.45, 2.75) is 50.5 Å². The first-order chi connectivity index (χ1) is 11.6. The van der Waals surface area contributed by atoms with Crippen LogP contribution in [0.5, 0.6) is 0 Å². The Balaban J connectivity index is 1.52. The molecule has 3 fully saturated rings. The highest BCUT2D eigenvalue weighted by molar-refractivity contribution is 5.87. The third-order valence-corrected chi connectivity index (χ3v) is 6.14. The Kier molecular flexibility index (Phi) is 5.76. The van der Waals surface area contributed by atoms with Crippen LogP contribution in [-0.2, 0) is 9.59 Å².